The van der Waals surface area contributed by atoms with E-state index < -0.39 is 5.97 Å². The Morgan fingerprint density at radius 2 is 1.93 bits per heavy atom. The number of hydrogen-bond acceptors (Lipinski definition) is 6. The second kappa shape index (κ2) is 8.41. The van der Waals surface area contributed by atoms with Crippen LogP contribution in [-0.4, -0.2) is 80.7 Å². The molecule has 1 fully saturated rings. The number of esters is 1. The van der Waals surface area contributed by atoms with Crippen LogP contribution >= 0.6 is 0 Å². The predicted octanol–water partition coefficient (Wildman–Crippen LogP) is 1.54. The number of benzene rings is 1. The largest absolute Gasteiger partial charge is 0.497 e. The van der Waals surface area contributed by atoms with Crippen molar-refractivity contribution in [3.8, 4) is 5.75 Å². The van der Waals surface area contributed by atoms with Crippen LogP contribution in [0.15, 0.2) is 18.2 Å². The number of hydrogen-bond donors (Lipinski definition) is 2. The Morgan fingerprint density at radius 3 is 2.59 bits per heavy atom. The third-order valence-electron chi connectivity index (χ3n) is 4.91. The lowest BCUT2D eigenvalue weighted by Gasteiger charge is -2.32. The Kier molecular flexibility index (Phi) is 5.98. The SMILES string of the molecule is COC(=O)c1[nH]c2cc(OC)ccc2c1NC(=O)CCN1CCN(C)CC1. The monoisotopic (exact) mass is 374 g/mol. The summed E-state index contributed by atoms with van der Waals surface area (Å²) < 4.78 is 10.1. The molecule has 1 saturated heterocycles. The van der Waals surface area contributed by atoms with Gasteiger partial charge in [-0.2, -0.15) is 0 Å². The molecule has 146 valence electrons. The number of H-pyrrole nitrogens is 1. The second-order valence-electron chi connectivity index (χ2n) is 6.72. The van der Waals surface area contributed by atoms with Gasteiger partial charge in [0, 0.05) is 50.6 Å². The summed E-state index contributed by atoms with van der Waals surface area (Å²) in [6, 6.07) is 5.38. The summed E-state index contributed by atoms with van der Waals surface area (Å²) in [6.45, 7) is 4.65. The number of likely N-dealkylation sites (N-methyl/N-ethyl adjacent to an activating group) is 1. The normalized spacial score (nSPS) is 15.7. The van der Waals surface area contributed by atoms with E-state index in [-0.39, 0.29) is 11.6 Å². The molecular formula is C19H26N4O4. The molecule has 1 aromatic heterocycles. The summed E-state index contributed by atoms with van der Waals surface area (Å²) in [5, 5.41) is 3.63. The molecule has 0 spiro atoms. The molecule has 1 amide bonds. The van der Waals surface area contributed by atoms with Crippen LogP contribution in [-0.2, 0) is 9.53 Å². The van der Waals surface area contributed by atoms with E-state index in [9.17, 15) is 9.59 Å². The lowest BCUT2D eigenvalue weighted by molar-refractivity contribution is -0.116. The average Bonchev–Trinajstić information content (AvgIpc) is 3.04. The topological polar surface area (TPSA) is 86.9 Å². The highest BCUT2D eigenvalue weighted by Gasteiger charge is 2.21. The van der Waals surface area contributed by atoms with Crippen LogP contribution in [0.4, 0.5) is 5.69 Å². The minimum absolute atomic E-state index is 0.129. The average molecular weight is 374 g/mol. The van der Waals surface area contributed by atoms with Crippen LogP contribution < -0.4 is 10.1 Å². The fourth-order valence-corrected chi connectivity index (χ4v) is 3.22. The molecule has 0 aliphatic carbocycles. The summed E-state index contributed by atoms with van der Waals surface area (Å²) in [4.78, 5) is 32.2. The maximum atomic E-state index is 12.5. The van der Waals surface area contributed by atoms with Crippen LogP contribution in [0, 0.1) is 0 Å². The highest BCUT2D eigenvalue weighted by Crippen LogP contribution is 2.31. The molecule has 2 N–H and O–H groups in total. The zero-order chi connectivity index (χ0) is 19.4. The molecule has 8 heteroatoms. The minimum Gasteiger partial charge on any atom is -0.497 e. The molecule has 8 nitrogen and oxygen atoms in total. The van der Waals surface area contributed by atoms with Crippen molar-refractivity contribution in [1.82, 2.24) is 14.8 Å². The number of nitrogens with one attached hydrogen (secondary N) is 2. The summed E-state index contributed by atoms with van der Waals surface area (Å²) in [6.07, 6.45) is 0.368. The van der Waals surface area contributed by atoms with Crippen LogP contribution in [0.25, 0.3) is 10.9 Å². The number of nitrogens with zero attached hydrogens (tertiary/aromatic N) is 2. The van der Waals surface area contributed by atoms with Gasteiger partial charge in [-0.3, -0.25) is 4.79 Å². The Labute approximate surface area is 158 Å². The maximum Gasteiger partial charge on any atom is 0.356 e. The number of carbonyl (C=O) groups is 2. The molecule has 2 heterocycles. The third kappa shape index (κ3) is 4.40. The van der Waals surface area contributed by atoms with E-state index in [1.807, 2.05) is 6.07 Å². The fraction of sp³-hybridized carbons (Fsp3) is 0.474. The molecule has 3 rings (SSSR count). The number of aromatic amines is 1. The third-order valence-corrected chi connectivity index (χ3v) is 4.91. The number of methoxy groups -OCH3 is 2. The van der Waals surface area contributed by atoms with Crippen LogP contribution in [0.1, 0.15) is 16.9 Å². The van der Waals surface area contributed by atoms with Crippen LogP contribution in [0.2, 0.25) is 0 Å². The van der Waals surface area contributed by atoms with Gasteiger partial charge < -0.3 is 29.6 Å². The molecule has 0 bridgehead atoms. The van der Waals surface area contributed by atoms with Crippen molar-refractivity contribution < 1.29 is 19.1 Å². The molecular weight excluding hydrogens is 348 g/mol. The standard InChI is InChI=1S/C19H26N4O4/c1-22-8-10-23(11-9-22)7-6-16(24)21-17-14-5-4-13(26-2)12-15(14)20-18(17)19(25)27-3/h4-5,12,20H,6-11H2,1-3H3,(H,21,24). The fourth-order valence-electron chi connectivity index (χ4n) is 3.22. The first-order valence-electron chi connectivity index (χ1n) is 9.00. The summed E-state index contributed by atoms with van der Waals surface area (Å²) >= 11 is 0. The first kappa shape index (κ1) is 19.2. The zero-order valence-corrected chi connectivity index (χ0v) is 16.0. The van der Waals surface area contributed by atoms with Crippen molar-refractivity contribution in [2.75, 3.05) is 59.3 Å². The van der Waals surface area contributed by atoms with Gasteiger partial charge in [0.2, 0.25) is 5.91 Å². The zero-order valence-electron chi connectivity index (χ0n) is 16.0. The quantitative estimate of drug-likeness (QED) is 0.746. The number of aromatic nitrogens is 1. The van der Waals surface area contributed by atoms with Gasteiger partial charge in [0.1, 0.15) is 11.4 Å². The number of ether oxygens (including phenoxy) is 2. The van der Waals surface area contributed by atoms with Gasteiger partial charge >= 0.3 is 5.97 Å². The second-order valence-corrected chi connectivity index (χ2v) is 6.72. The van der Waals surface area contributed by atoms with Gasteiger partial charge in [0.25, 0.3) is 0 Å². The Balaban J connectivity index is 1.74. The molecule has 1 aliphatic rings. The van der Waals surface area contributed by atoms with Crippen molar-refractivity contribution in [2.45, 2.75) is 6.42 Å². The number of amides is 1. The number of anilines is 1. The van der Waals surface area contributed by atoms with E-state index in [1.165, 1.54) is 7.11 Å². The van der Waals surface area contributed by atoms with E-state index in [2.05, 4.69) is 27.1 Å². The Bertz CT molecular complexity index is 824. The lowest BCUT2D eigenvalue weighted by atomic mass is 10.2. The van der Waals surface area contributed by atoms with E-state index in [1.54, 1.807) is 19.2 Å². The highest BCUT2D eigenvalue weighted by molar-refractivity contribution is 6.11. The number of fused-ring (bicyclic) bond motifs is 1. The maximum absolute atomic E-state index is 12.5. The first-order valence-corrected chi connectivity index (χ1v) is 9.00. The highest BCUT2D eigenvalue weighted by atomic mass is 16.5. The van der Waals surface area contributed by atoms with E-state index in [0.717, 1.165) is 31.6 Å². The summed E-state index contributed by atoms with van der Waals surface area (Å²) in [5.41, 5.74) is 1.38. The molecule has 2 aromatic rings. The van der Waals surface area contributed by atoms with Gasteiger partial charge in [0.15, 0.2) is 0 Å². The van der Waals surface area contributed by atoms with E-state index in [4.69, 9.17) is 9.47 Å². The molecule has 0 saturated carbocycles. The van der Waals surface area contributed by atoms with Crippen molar-refractivity contribution >= 4 is 28.5 Å². The van der Waals surface area contributed by atoms with E-state index in [0.29, 0.717) is 29.9 Å². The minimum atomic E-state index is -0.528. The van der Waals surface area contributed by atoms with Gasteiger partial charge in [-0.15, -0.1) is 0 Å². The molecule has 1 aromatic carbocycles. The van der Waals surface area contributed by atoms with Gasteiger partial charge in [-0.1, -0.05) is 0 Å². The van der Waals surface area contributed by atoms with E-state index >= 15 is 0 Å². The first-order chi connectivity index (χ1) is 13.0. The van der Waals surface area contributed by atoms with Crippen LogP contribution in [0.3, 0.4) is 0 Å². The van der Waals surface area contributed by atoms with Crippen molar-refractivity contribution in [1.29, 1.82) is 0 Å². The van der Waals surface area contributed by atoms with Gasteiger partial charge in [-0.05, 0) is 19.2 Å². The van der Waals surface area contributed by atoms with Crippen molar-refractivity contribution in [2.24, 2.45) is 0 Å². The van der Waals surface area contributed by atoms with Gasteiger partial charge in [-0.25, -0.2) is 4.79 Å². The van der Waals surface area contributed by atoms with Crippen molar-refractivity contribution in [3.63, 3.8) is 0 Å². The Morgan fingerprint density at radius 1 is 1.19 bits per heavy atom. The molecule has 1 aliphatic heterocycles. The summed E-state index contributed by atoms with van der Waals surface area (Å²) in [7, 11) is 4.99. The number of rotatable bonds is 6. The summed E-state index contributed by atoms with van der Waals surface area (Å²) in [5.74, 6) is 0.00319. The number of carbonyl (C=O) groups excluding carboxylic acids is 2. The van der Waals surface area contributed by atoms with Gasteiger partial charge in [0.05, 0.1) is 25.4 Å². The van der Waals surface area contributed by atoms with Crippen molar-refractivity contribution in [3.05, 3.63) is 23.9 Å². The molecule has 27 heavy (non-hydrogen) atoms. The molecule has 0 radical (unpaired) electrons. The lowest BCUT2D eigenvalue weighted by Crippen LogP contribution is -2.45. The Hall–Kier alpha value is -2.58. The molecule has 0 atom stereocenters. The predicted molar refractivity (Wildman–Crippen MR) is 103 cm³/mol. The number of piperazine rings is 1. The van der Waals surface area contributed by atoms with Crippen LogP contribution in [0.5, 0.6) is 5.75 Å². The smallest absolute Gasteiger partial charge is 0.356 e. The molecule has 0 unspecified atom stereocenters.